The molecule has 0 saturated carbocycles. The van der Waals surface area contributed by atoms with Gasteiger partial charge in [-0.25, -0.2) is 23.1 Å². The number of halogens is 4. The van der Waals surface area contributed by atoms with Crippen LogP contribution in [0.3, 0.4) is 0 Å². The van der Waals surface area contributed by atoms with Crippen LogP contribution < -0.4 is 5.32 Å². The number of carbonyl (C=O) groups is 1. The van der Waals surface area contributed by atoms with E-state index in [1.165, 1.54) is 12.1 Å². The summed E-state index contributed by atoms with van der Waals surface area (Å²) in [6.45, 7) is 11.8. The van der Waals surface area contributed by atoms with Crippen LogP contribution in [0.25, 0.3) is 0 Å². The van der Waals surface area contributed by atoms with E-state index in [4.69, 9.17) is 11.6 Å². The minimum atomic E-state index is -2.85. The van der Waals surface area contributed by atoms with E-state index >= 15 is 0 Å². The zero-order chi connectivity index (χ0) is 26.8. The summed E-state index contributed by atoms with van der Waals surface area (Å²) >= 11 is 5.90. The number of likely N-dealkylation sites (N-methyl/N-ethyl adjacent to an activating group) is 1. The number of amides is 1. The zero-order valence-electron chi connectivity index (χ0n) is 21.6. The fourth-order valence-electron chi connectivity index (χ4n) is 4.32. The van der Waals surface area contributed by atoms with E-state index in [2.05, 4.69) is 32.1 Å². The van der Waals surface area contributed by atoms with Gasteiger partial charge in [0, 0.05) is 36.8 Å². The predicted octanol–water partition coefficient (Wildman–Crippen LogP) is 4.96. The van der Waals surface area contributed by atoms with Crippen LogP contribution in [-0.2, 0) is 24.2 Å². The third-order valence-electron chi connectivity index (χ3n) is 5.96. The van der Waals surface area contributed by atoms with Gasteiger partial charge in [-0.1, -0.05) is 45.9 Å². The number of aromatic nitrogens is 2. The molecule has 3 heterocycles. The first kappa shape index (κ1) is 29.8. The van der Waals surface area contributed by atoms with E-state index in [0.29, 0.717) is 24.7 Å². The molecule has 200 valence electrons. The fourth-order valence-corrected chi connectivity index (χ4v) is 4.51. The fraction of sp³-hybridized carbons (Fsp3) is 0.560. The van der Waals surface area contributed by atoms with Crippen molar-refractivity contribution in [2.45, 2.75) is 59.5 Å². The second-order valence-corrected chi connectivity index (χ2v) is 8.73. The molecule has 1 N–H and O–H groups in total. The van der Waals surface area contributed by atoms with Crippen molar-refractivity contribution in [1.29, 1.82) is 0 Å². The number of hydrogen-bond acceptors (Lipinski definition) is 6. The van der Waals surface area contributed by atoms with Crippen molar-refractivity contribution in [3.63, 3.8) is 0 Å². The van der Waals surface area contributed by atoms with Crippen molar-refractivity contribution in [2.24, 2.45) is 0 Å². The lowest BCUT2D eigenvalue weighted by Gasteiger charge is -2.14. The number of nitrogens with zero attached hydrogens (tertiary/aromatic N) is 5. The molecule has 1 atom stereocenters. The summed E-state index contributed by atoms with van der Waals surface area (Å²) in [4.78, 5) is 25.2. The van der Waals surface area contributed by atoms with Gasteiger partial charge in [0.25, 0.3) is 6.43 Å². The topological polar surface area (TPSA) is 64.6 Å². The van der Waals surface area contributed by atoms with Crippen LogP contribution in [0.15, 0.2) is 18.2 Å². The highest BCUT2D eigenvalue weighted by Crippen LogP contribution is 2.26. The number of hydrogen-bond donors (Lipinski definition) is 1. The predicted molar refractivity (Wildman–Crippen MR) is 137 cm³/mol. The summed E-state index contributed by atoms with van der Waals surface area (Å²) in [5.74, 6) is -0.393. The van der Waals surface area contributed by atoms with Crippen LogP contribution in [0.4, 0.5) is 19.0 Å². The van der Waals surface area contributed by atoms with Gasteiger partial charge in [0.05, 0.1) is 24.6 Å². The van der Waals surface area contributed by atoms with Gasteiger partial charge < -0.3 is 10.2 Å². The maximum absolute atomic E-state index is 14.1. The Hall–Kier alpha value is -2.43. The Morgan fingerprint density at radius 1 is 1.17 bits per heavy atom. The molecule has 0 aliphatic carbocycles. The molecule has 0 radical (unpaired) electrons. The van der Waals surface area contributed by atoms with Crippen molar-refractivity contribution < 1.29 is 18.0 Å². The van der Waals surface area contributed by atoms with Gasteiger partial charge in [-0.2, -0.15) is 0 Å². The Morgan fingerprint density at radius 2 is 1.89 bits per heavy atom. The summed E-state index contributed by atoms with van der Waals surface area (Å²) < 4.78 is 39.5. The van der Waals surface area contributed by atoms with Gasteiger partial charge in [0.15, 0.2) is 0 Å². The van der Waals surface area contributed by atoms with Crippen molar-refractivity contribution in [3.05, 3.63) is 51.7 Å². The highest BCUT2D eigenvalue weighted by molar-refractivity contribution is 6.28. The number of rotatable bonds is 7. The minimum absolute atomic E-state index is 0.0376. The SMILES string of the molecule is CC.CCc1nc(Cl)nc(NCc2cccc(C(F)F)c2F)c1CC.CN1CC2CN(C=O)CN2C1. The summed E-state index contributed by atoms with van der Waals surface area (Å²) in [6, 6.07) is 4.54. The number of carbonyl (C=O) groups excluding carboxylic acids is 1. The maximum atomic E-state index is 14.1. The highest BCUT2D eigenvalue weighted by Gasteiger charge is 2.35. The summed E-state index contributed by atoms with van der Waals surface area (Å²) in [5, 5.41) is 3.08. The lowest BCUT2D eigenvalue weighted by molar-refractivity contribution is -0.117. The summed E-state index contributed by atoms with van der Waals surface area (Å²) in [5.41, 5.74) is 1.26. The van der Waals surface area contributed by atoms with Gasteiger partial charge in [-0.3, -0.25) is 14.6 Å². The van der Waals surface area contributed by atoms with Crippen LogP contribution in [0.1, 0.15) is 56.5 Å². The van der Waals surface area contributed by atoms with Crippen LogP contribution in [-0.4, -0.2) is 70.6 Å². The number of benzene rings is 1. The summed E-state index contributed by atoms with van der Waals surface area (Å²) in [6.07, 6.45) is -0.531. The first-order valence-electron chi connectivity index (χ1n) is 12.2. The van der Waals surface area contributed by atoms with Gasteiger partial charge in [-0.05, 0) is 31.5 Å². The maximum Gasteiger partial charge on any atom is 0.266 e. The van der Waals surface area contributed by atoms with Crippen LogP contribution in [0.2, 0.25) is 5.28 Å². The van der Waals surface area contributed by atoms with E-state index in [0.717, 1.165) is 50.2 Å². The van der Waals surface area contributed by atoms with Crippen molar-refractivity contribution >= 4 is 23.8 Å². The molecular formula is C25H36ClF3N6O. The number of anilines is 1. The molecule has 11 heteroatoms. The van der Waals surface area contributed by atoms with Gasteiger partial charge >= 0.3 is 0 Å². The standard InChI is InChI=1S/C16H17ClF3N3.C7H13N3O.C2H6/c1-3-10-12(4-2)22-16(17)23-15(10)21-8-9-6-5-7-11(13(9)18)14(19)20;1-8-2-7-3-9(6-11)5-10(7)4-8;1-2/h5-7,14H,3-4,8H2,1-2H3,(H,21,22,23);6-7H,2-5H2,1H3;1-2H3. The van der Waals surface area contributed by atoms with Crippen LogP contribution >= 0.6 is 11.6 Å². The van der Waals surface area contributed by atoms with Gasteiger partial charge in [0.1, 0.15) is 11.6 Å². The molecule has 2 fully saturated rings. The first-order chi connectivity index (χ1) is 17.3. The lowest BCUT2D eigenvalue weighted by Crippen LogP contribution is -2.28. The van der Waals surface area contributed by atoms with Crippen LogP contribution in [0, 0.1) is 5.82 Å². The molecule has 2 saturated heterocycles. The van der Waals surface area contributed by atoms with Crippen molar-refractivity contribution in [3.8, 4) is 0 Å². The van der Waals surface area contributed by atoms with E-state index in [-0.39, 0.29) is 17.4 Å². The molecule has 1 aromatic heterocycles. The van der Waals surface area contributed by atoms with E-state index in [9.17, 15) is 18.0 Å². The average Bonchev–Trinajstić information content (AvgIpc) is 3.41. The first-order valence-corrected chi connectivity index (χ1v) is 12.6. The summed E-state index contributed by atoms with van der Waals surface area (Å²) in [7, 11) is 2.11. The number of nitrogens with one attached hydrogen (secondary N) is 1. The average molecular weight is 529 g/mol. The Bertz CT molecular complexity index is 983. The largest absolute Gasteiger partial charge is 0.366 e. The smallest absolute Gasteiger partial charge is 0.266 e. The minimum Gasteiger partial charge on any atom is -0.366 e. The Balaban J connectivity index is 0.000000291. The monoisotopic (exact) mass is 528 g/mol. The third kappa shape index (κ3) is 7.54. The van der Waals surface area contributed by atoms with Gasteiger partial charge in [0.2, 0.25) is 11.7 Å². The Kier molecular flexibility index (Phi) is 11.9. The quantitative estimate of drug-likeness (QED) is 0.405. The second-order valence-electron chi connectivity index (χ2n) is 8.39. The molecular weight excluding hydrogens is 493 g/mol. The molecule has 2 aliphatic rings. The van der Waals surface area contributed by atoms with Gasteiger partial charge in [-0.15, -0.1) is 0 Å². The molecule has 1 aromatic carbocycles. The molecule has 2 aliphatic heterocycles. The number of alkyl halides is 2. The van der Waals surface area contributed by atoms with Crippen LogP contribution in [0.5, 0.6) is 0 Å². The normalized spacial score (nSPS) is 17.3. The van der Waals surface area contributed by atoms with E-state index < -0.39 is 17.8 Å². The molecule has 4 rings (SSSR count). The molecule has 0 spiro atoms. The molecule has 36 heavy (non-hydrogen) atoms. The number of aryl methyl sites for hydroxylation is 1. The van der Waals surface area contributed by atoms with Crippen molar-refractivity contribution in [2.75, 3.05) is 38.8 Å². The Labute approximate surface area is 216 Å². The molecule has 0 bridgehead atoms. The number of fused-ring (bicyclic) bond motifs is 1. The Morgan fingerprint density at radius 3 is 2.47 bits per heavy atom. The van der Waals surface area contributed by atoms with E-state index in [1.807, 2.05) is 32.6 Å². The zero-order valence-corrected chi connectivity index (χ0v) is 22.3. The second kappa shape index (κ2) is 14.3. The molecule has 1 amide bonds. The molecule has 1 unspecified atom stereocenters. The third-order valence-corrected chi connectivity index (χ3v) is 6.13. The lowest BCUT2D eigenvalue weighted by atomic mass is 10.1. The molecule has 7 nitrogen and oxygen atoms in total. The van der Waals surface area contributed by atoms with Crippen molar-refractivity contribution in [1.82, 2.24) is 24.7 Å². The van der Waals surface area contributed by atoms with E-state index in [1.54, 1.807) is 0 Å². The highest BCUT2D eigenvalue weighted by atomic mass is 35.5. The molecule has 2 aromatic rings.